The topological polar surface area (TPSA) is 55.1 Å². The van der Waals surface area contributed by atoms with Gasteiger partial charge in [0.05, 0.1) is 15.7 Å². The Morgan fingerprint density at radius 1 is 1.16 bits per heavy atom. The first-order valence-electron chi connectivity index (χ1n) is 5.64. The van der Waals surface area contributed by atoms with Crippen LogP contribution in [0.15, 0.2) is 42.5 Å². The van der Waals surface area contributed by atoms with Crippen molar-refractivity contribution in [3.05, 3.63) is 63.6 Å². The molecule has 0 unspecified atom stereocenters. The molecule has 3 N–H and O–H groups in total. The van der Waals surface area contributed by atoms with Gasteiger partial charge in [-0.3, -0.25) is 4.79 Å². The molecule has 0 saturated carbocycles. The second-order valence-corrected chi connectivity index (χ2v) is 4.80. The van der Waals surface area contributed by atoms with Crippen molar-refractivity contribution in [2.45, 2.75) is 6.54 Å². The highest BCUT2D eigenvalue weighted by atomic mass is 35.5. The number of hydrogen-bond donors (Lipinski definition) is 2. The van der Waals surface area contributed by atoms with Gasteiger partial charge in [0.15, 0.2) is 0 Å². The summed E-state index contributed by atoms with van der Waals surface area (Å²) in [5.41, 5.74) is 7.40. The standard InChI is InChI=1S/C14H12Cl2N2O/c15-11-5-2-6-12(13(11)16)18-8-9-3-1-4-10(7-9)14(17)19/h1-7,18H,8H2,(H2,17,19). The van der Waals surface area contributed by atoms with Crippen LogP contribution in [0.4, 0.5) is 5.69 Å². The predicted molar refractivity (Wildman–Crippen MR) is 78.7 cm³/mol. The maximum atomic E-state index is 11.1. The maximum Gasteiger partial charge on any atom is 0.248 e. The highest BCUT2D eigenvalue weighted by Crippen LogP contribution is 2.29. The smallest absolute Gasteiger partial charge is 0.248 e. The van der Waals surface area contributed by atoms with Gasteiger partial charge in [0.2, 0.25) is 5.91 Å². The van der Waals surface area contributed by atoms with Gasteiger partial charge >= 0.3 is 0 Å². The van der Waals surface area contributed by atoms with E-state index in [9.17, 15) is 4.79 Å². The molecule has 0 aliphatic carbocycles. The Labute approximate surface area is 121 Å². The lowest BCUT2D eigenvalue weighted by Crippen LogP contribution is -2.11. The number of anilines is 1. The van der Waals surface area contributed by atoms with Crippen LogP contribution in [-0.4, -0.2) is 5.91 Å². The minimum absolute atomic E-state index is 0.442. The lowest BCUT2D eigenvalue weighted by atomic mass is 10.1. The van der Waals surface area contributed by atoms with E-state index in [0.29, 0.717) is 22.2 Å². The summed E-state index contributed by atoms with van der Waals surface area (Å²) in [6.45, 7) is 0.529. The molecular formula is C14H12Cl2N2O. The molecule has 3 nitrogen and oxygen atoms in total. The van der Waals surface area contributed by atoms with E-state index in [4.69, 9.17) is 28.9 Å². The Bertz CT molecular complexity index is 614. The van der Waals surface area contributed by atoms with E-state index in [1.54, 1.807) is 24.3 Å². The van der Waals surface area contributed by atoms with Crippen molar-refractivity contribution in [3.8, 4) is 0 Å². The number of rotatable bonds is 4. The summed E-state index contributed by atoms with van der Waals surface area (Å²) in [5.74, 6) is -0.442. The van der Waals surface area contributed by atoms with Crippen LogP contribution in [0.25, 0.3) is 0 Å². The second-order valence-electron chi connectivity index (χ2n) is 4.02. The first-order valence-corrected chi connectivity index (χ1v) is 6.40. The lowest BCUT2D eigenvalue weighted by Gasteiger charge is -2.09. The van der Waals surface area contributed by atoms with Crippen molar-refractivity contribution in [2.24, 2.45) is 5.73 Å². The summed E-state index contributed by atoms with van der Waals surface area (Å²) < 4.78 is 0. The van der Waals surface area contributed by atoms with Crippen molar-refractivity contribution in [3.63, 3.8) is 0 Å². The minimum Gasteiger partial charge on any atom is -0.380 e. The molecule has 0 aliphatic heterocycles. The molecular weight excluding hydrogens is 283 g/mol. The fraction of sp³-hybridized carbons (Fsp3) is 0.0714. The molecule has 5 heteroatoms. The van der Waals surface area contributed by atoms with Crippen LogP contribution in [0.3, 0.4) is 0 Å². The largest absolute Gasteiger partial charge is 0.380 e. The summed E-state index contributed by atoms with van der Waals surface area (Å²) in [5, 5.41) is 4.15. The maximum absolute atomic E-state index is 11.1. The molecule has 2 rings (SSSR count). The van der Waals surface area contributed by atoms with Crippen molar-refractivity contribution >= 4 is 34.8 Å². The van der Waals surface area contributed by atoms with Gasteiger partial charge in [-0.25, -0.2) is 0 Å². The molecule has 0 saturated heterocycles. The quantitative estimate of drug-likeness (QED) is 0.903. The molecule has 0 aliphatic rings. The lowest BCUT2D eigenvalue weighted by molar-refractivity contribution is 0.1000. The van der Waals surface area contributed by atoms with E-state index in [1.165, 1.54) is 0 Å². The molecule has 0 fully saturated rings. The van der Waals surface area contributed by atoms with Crippen LogP contribution in [0, 0.1) is 0 Å². The highest BCUT2D eigenvalue weighted by Gasteiger charge is 2.05. The van der Waals surface area contributed by atoms with Gasteiger partial charge in [0.1, 0.15) is 0 Å². The zero-order valence-electron chi connectivity index (χ0n) is 9.99. The molecule has 0 aromatic heterocycles. The zero-order chi connectivity index (χ0) is 13.8. The molecule has 0 spiro atoms. The Morgan fingerprint density at radius 3 is 2.63 bits per heavy atom. The second kappa shape index (κ2) is 5.95. The molecule has 0 heterocycles. The SMILES string of the molecule is NC(=O)c1cccc(CNc2cccc(Cl)c2Cl)c1. The van der Waals surface area contributed by atoms with Gasteiger partial charge in [-0.2, -0.15) is 0 Å². The molecule has 0 radical (unpaired) electrons. The normalized spacial score (nSPS) is 10.2. The summed E-state index contributed by atoms with van der Waals surface area (Å²) in [7, 11) is 0. The first-order chi connectivity index (χ1) is 9.08. The van der Waals surface area contributed by atoms with Crippen molar-refractivity contribution in [2.75, 3.05) is 5.32 Å². The summed E-state index contributed by atoms with van der Waals surface area (Å²) in [6, 6.07) is 12.5. The van der Waals surface area contributed by atoms with E-state index >= 15 is 0 Å². The van der Waals surface area contributed by atoms with Gasteiger partial charge in [-0.15, -0.1) is 0 Å². The Morgan fingerprint density at radius 2 is 1.89 bits per heavy atom. The number of hydrogen-bond acceptors (Lipinski definition) is 2. The average molecular weight is 295 g/mol. The number of amides is 1. The Kier molecular flexibility index (Phi) is 4.30. The van der Waals surface area contributed by atoms with Crippen molar-refractivity contribution < 1.29 is 4.79 Å². The molecule has 19 heavy (non-hydrogen) atoms. The fourth-order valence-electron chi connectivity index (χ4n) is 1.67. The van der Waals surface area contributed by atoms with E-state index in [0.717, 1.165) is 11.3 Å². The summed E-state index contributed by atoms with van der Waals surface area (Å²) >= 11 is 12.0. The van der Waals surface area contributed by atoms with E-state index in [2.05, 4.69) is 5.32 Å². The van der Waals surface area contributed by atoms with Gasteiger partial charge in [-0.05, 0) is 29.8 Å². The van der Waals surface area contributed by atoms with E-state index < -0.39 is 5.91 Å². The Hall–Kier alpha value is -1.71. The van der Waals surface area contributed by atoms with Crippen LogP contribution < -0.4 is 11.1 Å². The first kappa shape index (κ1) is 13.7. The monoisotopic (exact) mass is 294 g/mol. The van der Waals surface area contributed by atoms with E-state index in [1.807, 2.05) is 18.2 Å². The van der Waals surface area contributed by atoms with E-state index in [-0.39, 0.29) is 0 Å². The van der Waals surface area contributed by atoms with Gasteiger partial charge < -0.3 is 11.1 Å². The molecule has 0 bridgehead atoms. The number of nitrogens with one attached hydrogen (secondary N) is 1. The van der Waals surface area contributed by atoms with Crippen LogP contribution in [0.5, 0.6) is 0 Å². The summed E-state index contributed by atoms with van der Waals surface area (Å²) in [6.07, 6.45) is 0. The molecule has 2 aromatic carbocycles. The Balaban J connectivity index is 2.12. The average Bonchev–Trinajstić information content (AvgIpc) is 2.41. The molecule has 98 valence electrons. The fourth-order valence-corrected chi connectivity index (χ4v) is 2.04. The number of carbonyl (C=O) groups is 1. The van der Waals surface area contributed by atoms with Gasteiger partial charge in [0, 0.05) is 12.1 Å². The number of primary amides is 1. The van der Waals surface area contributed by atoms with Crippen LogP contribution in [0.2, 0.25) is 10.0 Å². The predicted octanol–water partition coefficient (Wildman–Crippen LogP) is 3.70. The molecule has 1 amide bonds. The minimum atomic E-state index is -0.442. The highest BCUT2D eigenvalue weighted by molar-refractivity contribution is 6.43. The number of halogens is 2. The zero-order valence-corrected chi connectivity index (χ0v) is 11.5. The van der Waals surface area contributed by atoms with Crippen molar-refractivity contribution in [1.29, 1.82) is 0 Å². The number of benzene rings is 2. The number of nitrogens with two attached hydrogens (primary N) is 1. The van der Waals surface area contributed by atoms with Gasteiger partial charge in [-0.1, -0.05) is 41.4 Å². The van der Waals surface area contributed by atoms with Crippen LogP contribution in [0.1, 0.15) is 15.9 Å². The number of carbonyl (C=O) groups excluding carboxylic acids is 1. The molecule has 0 atom stereocenters. The van der Waals surface area contributed by atoms with Crippen molar-refractivity contribution in [1.82, 2.24) is 0 Å². The third kappa shape index (κ3) is 3.40. The van der Waals surface area contributed by atoms with Crippen LogP contribution >= 0.6 is 23.2 Å². The summed E-state index contributed by atoms with van der Waals surface area (Å²) in [4.78, 5) is 11.1. The van der Waals surface area contributed by atoms with Crippen LogP contribution in [-0.2, 0) is 6.54 Å². The third-order valence-corrected chi connectivity index (χ3v) is 3.46. The molecule has 2 aromatic rings. The van der Waals surface area contributed by atoms with Gasteiger partial charge in [0.25, 0.3) is 0 Å². The third-order valence-electron chi connectivity index (χ3n) is 2.65.